The fourth-order valence-electron chi connectivity index (χ4n) is 2.25. The Morgan fingerprint density at radius 1 is 1.17 bits per heavy atom. The Hall–Kier alpha value is -1.60. The van der Waals surface area contributed by atoms with E-state index in [-0.39, 0.29) is 11.5 Å². The van der Waals surface area contributed by atoms with Crippen LogP contribution in [0, 0.1) is 3.57 Å². The van der Waals surface area contributed by atoms with Crippen LogP contribution in [0.3, 0.4) is 0 Å². The topological polar surface area (TPSA) is 61.5 Å². The molecule has 0 saturated carbocycles. The summed E-state index contributed by atoms with van der Waals surface area (Å²) in [6.07, 6.45) is 0.805. The second-order valence-corrected chi connectivity index (χ2v) is 7.44. The summed E-state index contributed by atoms with van der Waals surface area (Å²) < 4.78 is 11.8. The van der Waals surface area contributed by atoms with Crippen LogP contribution in [0.4, 0.5) is 0 Å². The molecule has 0 aliphatic carbocycles. The summed E-state index contributed by atoms with van der Waals surface area (Å²) in [5.41, 5.74) is 7.49. The molecule has 0 radical (unpaired) electrons. The Morgan fingerprint density at radius 2 is 1.83 bits per heavy atom. The van der Waals surface area contributed by atoms with Crippen molar-refractivity contribution < 1.29 is 14.3 Å². The molecule has 128 valence electrons. The van der Waals surface area contributed by atoms with Crippen molar-refractivity contribution >= 4 is 28.6 Å². The molecule has 2 N–H and O–H groups in total. The first-order valence-corrected chi connectivity index (χ1v) is 8.89. The second-order valence-electron chi connectivity index (χ2n) is 6.28. The lowest BCUT2D eigenvalue weighted by atomic mass is 9.96. The Morgan fingerprint density at radius 3 is 2.38 bits per heavy atom. The van der Waals surface area contributed by atoms with Gasteiger partial charge in [-0.1, -0.05) is 12.1 Å². The molecule has 4 nitrogen and oxygen atoms in total. The lowest BCUT2D eigenvalue weighted by molar-refractivity contribution is 0.0526. The zero-order valence-corrected chi connectivity index (χ0v) is 16.3. The second kappa shape index (κ2) is 7.98. The Kier molecular flexibility index (Phi) is 6.23. The van der Waals surface area contributed by atoms with Crippen molar-refractivity contribution in [3.05, 3.63) is 57.2 Å². The van der Waals surface area contributed by atoms with Crippen LogP contribution in [-0.4, -0.2) is 18.1 Å². The predicted octanol–water partition coefficient (Wildman–Crippen LogP) is 4.54. The fourth-order valence-corrected chi connectivity index (χ4v) is 2.88. The maximum Gasteiger partial charge on any atom is 0.338 e. The van der Waals surface area contributed by atoms with E-state index in [4.69, 9.17) is 15.2 Å². The molecule has 0 aliphatic heterocycles. The smallest absolute Gasteiger partial charge is 0.338 e. The number of hydrogen-bond acceptors (Lipinski definition) is 4. The van der Waals surface area contributed by atoms with Gasteiger partial charge < -0.3 is 15.2 Å². The first-order valence-electron chi connectivity index (χ1n) is 7.81. The van der Waals surface area contributed by atoms with E-state index in [1.807, 2.05) is 38.1 Å². The van der Waals surface area contributed by atoms with Crippen molar-refractivity contribution in [1.82, 2.24) is 0 Å². The van der Waals surface area contributed by atoms with E-state index < -0.39 is 0 Å². The van der Waals surface area contributed by atoms with E-state index in [0.29, 0.717) is 17.9 Å². The number of rotatable bonds is 6. The number of nitrogens with two attached hydrogens (primary N) is 1. The third kappa shape index (κ3) is 5.49. The van der Waals surface area contributed by atoms with Gasteiger partial charge in [0.1, 0.15) is 11.5 Å². The van der Waals surface area contributed by atoms with Crippen molar-refractivity contribution in [2.75, 3.05) is 6.61 Å². The molecule has 2 aromatic rings. The molecule has 5 heteroatoms. The summed E-state index contributed by atoms with van der Waals surface area (Å²) in [7, 11) is 0. The summed E-state index contributed by atoms with van der Waals surface area (Å²) in [6, 6.07) is 13.1. The normalized spacial score (nSPS) is 11.2. The van der Waals surface area contributed by atoms with Crippen molar-refractivity contribution in [2.45, 2.75) is 32.7 Å². The molecular weight excluding hydrogens is 417 g/mol. The van der Waals surface area contributed by atoms with Gasteiger partial charge in [-0.2, -0.15) is 0 Å². The van der Waals surface area contributed by atoms with Gasteiger partial charge in [-0.3, -0.25) is 0 Å². The average Bonchev–Trinajstić information content (AvgIpc) is 2.50. The van der Waals surface area contributed by atoms with Crippen LogP contribution in [-0.2, 0) is 11.2 Å². The third-order valence-electron chi connectivity index (χ3n) is 3.25. The fraction of sp³-hybridized carbons (Fsp3) is 0.316. The van der Waals surface area contributed by atoms with Gasteiger partial charge in [-0.25, -0.2) is 4.79 Å². The zero-order valence-electron chi connectivity index (χ0n) is 14.1. The molecular formula is C19H22INO3. The summed E-state index contributed by atoms with van der Waals surface area (Å²) in [5, 5.41) is 0. The van der Waals surface area contributed by atoms with Gasteiger partial charge in [0.15, 0.2) is 0 Å². The minimum absolute atomic E-state index is 0.235. The van der Waals surface area contributed by atoms with Crippen molar-refractivity contribution in [1.29, 1.82) is 0 Å². The quantitative estimate of drug-likeness (QED) is 0.531. The lowest BCUT2D eigenvalue weighted by Gasteiger charge is -2.18. The van der Waals surface area contributed by atoms with Crippen LogP contribution in [0.1, 0.15) is 36.7 Å². The zero-order chi connectivity index (χ0) is 17.7. The third-order valence-corrected chi connectivity index (χ3v) is 4.10. The van der Waals surface area contributed by atoms with Gasteiger partial charge in [-0.15, -0.1) is 0 Å². The van der Waals surface area contributed by atoms with E-state index >= 15 is 0 Å². The lowest BCUT2D eigenvalue weighted by Crippen LogP contribution is -2.34. The number of esters is 1. The van der Waals surface area contributed by atoms with Gasteiger partial charge in [0.2, 0.25) is 0 Å². The Labute approximate surface area is 156 Å². The molecule has 0 aromatic heterocycles. The van der Waals surface area contributed by atoms with E-state index in [2.05, 4.69) is 22.6 Å². The standard InChI is InChI=1S/C19H22INO3/c1-4-23-18(22)14-7-10-17(16(20)11-14)24-15-8-5-13(6-9-15)12-19(2,3)21/h5-11H,4,12,21H2,1-3H3. The molecule has 0 amide bonds. The van der Waals surface area contributed by atoms with Gasteiger partial charge in [0, 0.05) is 5.54 Å². The average molecular weight is 439 g/mol. The van der Waals surface area contributed by atoms with Crippen LogP contribution in [0.2, 0.25) is 0 Å². The molecule has 0 atom stereocenters. The van der Waals surface area contributed by atoms with E-state index in [1.165, 1.54) is 5.56 Å². The predicted molar refractivity (Wildman–Crippen MR) is 104 cm³/mol. The van der Waals surface area contributed by atoms with E-state index in [9.17, 15) is 4.79 Å². The van der Waals surface area contributed by atoms with Crippen LogP contribution in [0.15, 0.2) is 42.5 Å². The maximum absolute atomic E-state index is 11.7. The summed E-state index contributed by atoms with van der Waals surface area (Å²) >= 11 is 2.15. The van der Waals surface area contributed by atoms with Crippen LogP contribution < -0.4 is 10.5 Å². The van der Waals surface area contributed by atoms with Crippen LogP contribution >= 0.6 is 22.6 Å². The highest BCUT2D eigenvalue weighted by Gasteiger charge is 2.13. The maximum atomic E-state index is 11.7. The molecule has 24 heavy (non-hydrogen) atoms. The molecule has 2 aromatic carbocycles. The number of benzene rings is 2. The van der Waals surface area contributed by atoms with E-state index in [1.54, 1.807) is 25.1 Å². The number of hydrogen-bond donors (Lipinski definition) is 1. The molecule has 0 aliphatic rings. The van der Waals surface area contributed by atoms with E-state index in [0.717, 1.165) is 15.7 Å². The first-order chi connectivity index (χ1) is 11.3. The van der Waals surface area contributed by atoms with Crippen molar-refractivity contribution in [2.24, 2.45) is 5.73 Å². The molecule has 2 rings (SSSR count). The molecule has 0 fully saturated rings. The molecule has 0 heterocycles. The minimum Gasteiger partial charge on any atom is -0.462 e. The van der Waals surface area contributed by atoms with Gasteiger partial charge in [0.05, 0.1) is 15.7 Å². The van der Waals surface area contributed by atoms with Gasteiger partial charge in [0.25, 0.3) is 0 Å². The minimum atomic E-state index is -0.323. The molecule has 0 bridgehead atoms. The highest BCUT2D eigenvalue weighted by atomic mass is 127. The number of carbonyl (C=O) groups excluding carboxylic acids is 1. The molecule has 0 spiro atoms. The summed E-state index contributed by atoms with van der Waals surface area (Å²) in [6.45, 7) is 6.16. The Bertz CT molecular complexity index is 706. The largest absolute Gasteiger partial charge is 0.462 e. The SMILES string of the molecule is CCOC(=O)c1ccc(Oc2ccc(CC(C)(C)N)cc2)c(I)c1. The van der Waals surface area contributed by atoms with Crippen LogP contribution in [0.5, 0.6) is 11.5 Å². The van der Waals surface area contributed by atoms with Crippen molar-refractivity contribution in [3.8, 4) is 11.5 Å². The molecule has 0 unspecified atom stereocenters. The number of carbonyl (C=O) groups is 1. The number of halogens is 1. The first kappa shape index (κ1) is 18.7. The van der Waals surface area contributed by atoms with Gasteiger partial charge >= 0.3 is 5.97 Å². The summed E-state index contributed by atoms with van der Waals surface area (Å²) in [4.78, 5) is 11.7. The highest BCUT2D eigenvalue weighted by Crippen LogP contribution is 2.28. The summed E-state index contributed by atoms with van der Waals surface area (Å²) in [5.74, 6) is 1.13. The number of ether oxygens (including phenoxy) is 2. The Balaban J connectivity index is 2.09. The monoisotopic (exact) mass is 439 g/mol. The van der Waals surface area contributed by atoms with Crippen molar-refractivity contribution in [3.63, 3.8) is 0 Å². The van der Waals surface area contributed by atoms with Crippen LogP contribution in [0.25, 0.3) is 0 Å². The highest BCUT2D eigenvalue weighted by molar-refractivity contribution is 14.1. The van der Waals surface area contributed by atoms with Gasteiger partial charge in [-0.05, 0) is 85.7 Å². The molecule has 0 saturated heterocycles.